The van der Waals surface area contributed by atoms with Crippen molar-refractivity contribution in [2.24, 2.45) is 23.5 Å². The van der Waals surface area contributed by atoms with E-state index in [0.29, 0.717) is 19.0 Å². The van der Waals surface area contributed by atoms with Gasteiger partial charge in [0.1, 0.15) is 0 Å². The molecular weight excluding hydrogens is 256 g/mol. The van der Waals surface area contributed by atoms with E-state index in [-0.39, 0.29) is 24.2 Å². The van der Waals surface area contributed by atoms with E-state index in [2.05, 4.69) is 6.92 Å². The van der Waals surface area contributed by atoms with Crippen molar-refractivity contribution >= 4 is 11.9 Å². The number of hydrogen-bond donors (Lipinski definition) is 2. The molecule has 116 valence electrons. The summed E-state index contributed by atoms with van der Waals surface area (Å²) in [6.45, 7) is 5.91. The van der Waals surface area contributed by atoms with Crippen molar-refractivity contribution in [2.45, 2.75) is 46.0 Å². The van der Waals surface area contributed by atoms with Crippen molar-refractivity contribution < 1.29 is 14.7 Å². The minimum atomic E-state index is -0.758. The molecule has 20 heavy (non-hydrogen) atoms. The molecule has 0 radical (unpaired) electrons. The molecular formula is C15H28N2O3. The number of nitrogens with two attached hydrogens (primary N) is 1. The number of amides is 1. The zero-order valence-corrected chi connectivity index (χ0v) is 12.7. The van der Waals surface area contributed by atoms with Gasteiger partial charge in [-0.1, -0.05) is 20.3 Å². The van der Waals surface area contributed by atoms with Gasteiger partial charge in [-0.15, -0.1) is 0 Å². The molecule has 1 aliphatic heterocycles. The van der Waals surface area contributed by atoms with Crippen LogP contribution in [0.2, 0.25) is 0 Å². The Bertz CT molecular complexity index is 333. The number of hydrogen-bond acceptors (Lipinski definition) is 3. The Kier molecular flexibility index (Phi) is 6.99. The van der Waals surface area contributed by atoms with E-state index in [1.165, 1.54) is 0 Å². The van der Waals surface area contributed by atoms with Crippen LogP contribution < -0.4 is 5.73 Å². The number of carboxylic acid groups (broad SMARTS) is 1. The van der Waals surface area contributed by atoms with E-state index < -0.39 is 5.97 Å². The molecule has 1 heterocycles. The summed E-state index contributed by atoms with van der Waals surface area (Å²) < 4.78 is 0. The Morgan fingerprint density at radius 2 is 2.15 bits per heavy atom. The first-order valence-electron chi connectivity index (χ1n) is 7.70. The summed E-state index contributed by atoms with van der Waals surface area (Å²) in [5, 5.41) is 8.89. The number of piperidine rings is 1. The lowest BCUT2D eigenvalue weighted by Crippen LogP contribution is -2.46. The number of carbonyl (C=O) groups excluding carboxylic acids is 1. The van der Waals surface area contributed by atoms with Gasteiger partial charge in [-0.25, -0.2) is 0 Å². The maximum atomic E-state index is 12.4. The zero-order chi connectivity index (χ0) is 15.1. The second kappa shape index (κ2) is 8.25. The first kappa shape index (κ1) is 17.0. The second-order valence-corrected chi connectivity index (χ2v) is 5.98. The van der Waals surface area contributed by atoms with Crippen LogP contribution in [0.25, 0.3) is 0 Å². The van der Waals surface area contributed by atoms with Crippen molar-refractivity contribution in [1.82, 2.24) is 4.90 Å². The standard InChI is InChI=1S/C15H28N2O3/c1-3-5-12(9-16)15(20)17-7-4-6-13(10-17)11(2)8-14(18)19/h11-13H,3-10,16H2,1-2H3,(H,18,19). The third-order valence-electron chi connectivity index (χ3n) is 4.34. The van der Waals surface area contributed by atoms with E-state index in [4.69, 9.17) is 10.8 Å². The fourth-order valence-electron chi connectivity index (χ4n) is 3.07. The lowest BCUT2D eigenvalue weighted by molar-refractivity contribution is -0.139. The average Bonchev–Trinajstić information content (AvgIpc) is 2.43. The normalized spacial score (nSPS) is 22.4. The number of nitrogens with zero attached hydrogens (tertiary/aromatic N) is 1. The van der Waals surface area contributed by atoms with Gasteiger partial charge in [0, 0.05) is 26.1 Å². The van der Waals surface area contributed by atoms with Crippen LogP contribution in [0.5, 0.6) is 0 Å². The summed E-state index contributed by atoms with van der Waals surface area (Å²) in [7, 11) is 0. The topological polar surface area (TPSA) is 83.6 Å². The molecule has 0 aliphatic carbocycles. The third-order valence-corrected chi connectivity index (χ3v) is 4.34. The quantitative estimate of drug-likeness (QED) is 0.745. The van der Waals surface area contributed by atoms with Gasteiger partial charge in [0.15, 0.2) is 0 Å². The van der Waals surface area contributed by atoms with Gasteiger partial charge in [0.05, 0.1) is 5.92 Å². The number of likely N-dealkylation sites (tertiary alicyclic amines) is 1. The molecule has 0 saturated carbocycles. The lowest BCUT2D eigenvalue weighted by Gasteiger charge is -2.37. The van der Waals surface area contributed by atoms with Crippen molar-refractivity contribution in [3.8, 4) is 0 Å². The molecule has 1 saturated heterocycles. The molecule has 3 unspecified atom stereocenters. The summed E-state index contributed by atoms with van der Waals surface area (Å²) in [5.74, 6) is -0.267. The van der Waals surface area contributed by atoms with E-state index in [1.54, 1.807) is 0 Å². The molecule has 3 N–H and O–H groups in total. The molecule has 1 aliphatic rings. The van der Waals surface area contributed by atoms with E-state index in [9.17, 15) is 9.59 Å². The van der Waals surface area contributed by atoms with Gasteiger partial charge < -0.3 is 15.7 Å². The molecule has 0 aromatic rings. The molecule has 3 atom stereocenters. The number of carboxylic acids is 1. The van der Waals surface area contributed by atoms with E-state index in [1.807, 2.05) is 11.8 Å². The Labute approximate surface area is 121 Å². The molecule has 0 aromatic carbocycles. The van der Waals surface area contributed by atoms with E-state index >= 15 is 0 Å². The zero-order valence-electron chi connectivity index (χ0n) is 12.7. The van der Waals surface area contributed by atoms with Crippen LogP contribution in [-0.4, -0.2) is 41.5 Å². The van der Waals surface area contributed by atoms with Crippen LogP contribution in [0.4, 0.5) is 0 Å². The van der Waals surface area contributed by atoms with Crippen LogP contribution in [0, 0.1) is 17.8 Å². The summed E-state index contributed by atoms with van der Waals surface area (Å²) in [6.07, 6.45) is 3.95. The Hall–Kier alpha value is -1.10. The summed E-state index contributed by atoms with van der Waals surface area (Å²) in [6, 6.07) is 0. The summed E-state index contributed by atoms with van der Waals surface area (Å²) in [5.41, 5.74) is 5.70. The molecule has 5 nitrogen and oxygen atoms in total. The summed E-state index contributed by atoms with van der Waals surface area (Å²) in [4.78, 5) is 25.2. The highest BCUT2D eigenvalue weighted by Crippen LogP contribution is 2.27. The molecule has 0 bridgehead atoms. The minimum Gasteiger partial charge on any atom is -0.481 e. The average molecular weight is 284 g/mol. The second-order valence-electron chi connectivity index (χ2n) is 5.98. The third kappa shape index (κ3) is 4.78. The summed E-state index contributed by atoms with van der Waals surface area (Å²) >= 11 is 0. The smallest absolute Gasteiger partial charge is 0.303 e. The number of rotatable bonds is 7. The van der Waals surface area contributed by atoms with Crippen LogP contribution in [0.3, 0.4) is 0 Å². The van der Waals surface area contributed by atoms with Crippen molar-refractivity contribution in [3.05, 3.63) is 0 Å². The van der Waals surface area contributed by atoms with Gasteiger partial charge in [-0.3, -0.25) is 9.59 Å². The van der Waals surface area contributed by atoms with Gasteiger partial charge in [-0.2, -0.15) is 0 Å². The highest BCUT2D eigenvalue weighted by atomic mass is 16.4. The van der Waals surface area contributed by atoms with Crippen LogP contribution >= 0.6 is 0 Å². The van der Waals surface area contributed by atoms with Gasteiger partial charge in [0.2, 0.25) is 5.91 Å². The molecule has 0 aromatic heterocycles. The first-order valence-corrected chi connectivity index (χ1v) is 7.70. The van der Waals surface area contributed by atoms with Gasteiger partial charge >= 0.3 is 5.97 Å². The Morgan fingerprint density at radius 1 is 1.45 bits per heavy atom. The fraction of sp³-hybridized carbons (Fsp3) is 0.867. The van der Waals surface area contributed by atoms with Crippen LogP contribution in [0.15, 0.2) is 0 Å². The Morgan fingerprint density at radius 3 is 2.70 bits per heavy atom. The highest BCUT2D eigenvalue weighted by Gasteiger charge is 2.30. The molecule has 1 amide bonds. The molecule has 1 rings (SSSR count). The van der Waals surface area contributed by atoms with Gasteiger partial charge in [-0.05, 0) is 31.1 Å². The van der Waals surface area contributed by atoms with Gasteiger partial charge in [0.25, 0.3) is 0 Å². The monoisotopic (exact) mass is 284 g/mol. The highest BCUT2D eigenvalue weighted by molar-refractivity contribution is 5.79. The molecule has 5 heteroatoms. The van der Waals surface area contributed by atoms with Crippen LogP contribution in [-0.2, 0) is 9.59 Å². The number of aliphatic carboxylic acids is 1. The van der Waals surface area contributed by atoms with Crippen molar-refractivity contribution in [3.63, 3.8) is 0 Å². The maximum absolute atomic E-state index is 12.4. The van der Waals surface area contributed by atoms with E-state index in [0.717, 1.165) is 32.2 Å². The maximum Gasteiger partial charge on any atom is 0.303 e. The Balaban J connectivity index is 2.59. The van der Waals surface area contributed by atoms with Crippen LogP contribution in [0.1, 0.15) is 46.0 Å². The fourth-order valence-corrected chi connectivity index (χ4v) is 3.07. The van der Waals surface area contributed by atoms with Crippen molar-refractivity contribution in [1.29, 1.82) is 0 Å². The van der Waals surface area contributed by atoms with Crippen molar-refractivity contribution in [2.75, 3.05) is 19.6 Å². The largest absolute Gasteiger partial charge is 0.481 e. The predicted octanol–water partition coefficient (Wildman–Crippen LogP) is 1.71. The lowest BCUT2D eigenvalue weighted by atomic mass is 9.84. The molecule has 1 fully saturated rings. The SMILES string of the molecule is CCCC(CN)C(=O)N1CCCC(C(C)CC(=O)O)C1. The molecule has 0 spiro atoms. The first-order chi connectivity index (χ1) is 9.49. The minimum absolute atomic E-state index is 0.0754. The number of carbonyl (C=O) groups is 2. The predicted molar refractivity (Wildman–Crippen MR) is 78.2 cm³/mol.